The number of ether oxygens (including phenoxy) is 1. The Labute approximate surface area is 140 Å². The van der Waals surface area contributed by atoms with Gasteiger partial charge in [-0.2, -0.15) is 0 Å². The number of rotatable bonds is 7. The van der Waals surface area contributed by atoms with Crippen LogP contribution in [0.2, 0.25) is 0 Å². The third-order valence-corrected chi connectivity index (χ3v) is 4.83. The molecule has 118 valence electrons. The highest BCUT2D eigenvalue weighted by molar-refractivity contribution is 7.13. The quantitative estimate of drug-likeness (QED) is 0.474. The third-order valence-electron chi connectivity index (χ3n) is 3.02. The van der Waals surface area contributed by atoms with E-state index in [0.717, 1.165) is 5.01 Å². The van der Waals surface area contributed by atoms with Gasteiger partial charge in [0.2, 0.25) is 0 Å². The Kier molecular flexibility index (Phi) is 4.99. The fraction of sp³-hybridized carbons (Fsp3) is 0.188. The highest BCUT2D eigenvalue weighted by Crippen LogP contribution is 2.24. The number of thiophene rings is 1. The first-order valence-electron chi connectivity index (χ1n) is 6.93. The molecule has 3 rings (SSSR count). The first-order chi connectivity index (χ1) is 11.2. The SMILES string of the molecule is O=C(CCC(=O)c1cccs1)OCc1csc(-c2ccco2)n1. The molecule has 0 N–H and O–H groups in total. The van der Waals surface area contributed by atoms with Gasteiger partial charge in [-0.15, -0.1) is 22.7 Å². The lowest BCUT2D eigenvalue weighted by molar-refractivity contribution is -0.145. The van der Waals surface area contributed by atoms with Crippen molar-refractivity contribution in [3.8, 4) is 10.8 Å². The monoisotopic (exact) mass is 347 g/mol. The molecule has 7 heteroatoms. The normalized spacial score (nSPS) is 10.6. The van der Waals surface area contributed by atoms with E-state index < -0.39 is 5.97 Å². The number of furan rings is 1. The smallest absolute Gasteiger partial charge is 0.306 e. The summed E-state index contributed by atoms with van der Waals surface area (Å²) in [7, 11) is 0. The number of hydrogen-bond donors (Lipinski definition) is 0. The zero-order chi connectivity index (χ0) is 16.1. The second-order valence-electron chi connectivity index (χ2n) is 4.68. The van der Waals surface area contributed by atoms with Crippen molar-refractivity contribution in [2.45, 2.75) is 19.4 Å². The molecule has 3 aromatic heterocycles. The van der Waals surface area contributed by atoms with Gasteiger partial charge in [-0.05, 0) is 23.6 Å². The van der Waals surface area contributed by atoms with Crippen molar-refractivity contribution in [2.75, 3.05) is 0 Å². The second-order valence-corrected chi connectivity index (χ2v) is 6.49. The van der Waals surface area contributed by atoms with Crippen LogP contribution in [0.1, 0.15) is 28.2 Å². The average Bonchev–Trinajstić information content (AvgIpc) is 3.32. The van der Waals surface area contributed by atoms with Gasteiger partial charge < -0.3 is 9.15 Å². The van der Waals surface area contributed by atoms with Gasteiger partial charge in [-0.3, -0.25) is 9.59 Å². The van der Waals surface area contributed by atoms with Crippen LogP contribution in [0.4, 0.5) is 0 Å². The van der Waals surface area contributed by atoms with Crippen LogP contribution in [0.15, 0.2) is 45.7 Å². The van der Waals surface area contributed by atoms with E-state index in [4.69, 9.17) is 9.15 Å². The zero-order valence-electron chi connectivity index (χ0n) is 12.1. The summed E-state index contributed by atoms with van der Waals surface area (Å²) in [5.74, 6) is 0.252. The molecule has 0 fully saturated rings. The zero-order valence-corrected chi connectivity index (χ0v) is 13.7. The van der Waals surface area contributed by atoms with Gasteiger partial charge in [0.15, 0.2) is 16.6 Å². The van der Waals surface area contributed by atoms with E-state index in [9.17, 15) is 9.59 Å². The molecule has 0 bridgehead atoms. The van der Waals surface area contributed by atoms with Crippen molar-refractivity contribution in [3.63, 3.8) is 0 Å². The van der Waals surface area contributed by atoms with Gasteiger partial charge in [0.1, 0.15) is 6.61 Å². The molecule has 3 aromatic rings. The topological polar surface area (TPSA) is 69.4 Å². The number of ketones is 1. The highest BCUT2D eigenvalue weighted by Gasteiger charge is 2.12. The molecule has 0 aliphatic rings. The van der Waals surface area contributed by atoms with Gasteiger partial charge in [0.05, 0.1) is 23.3 Å². The first kappa shape index (κ1) is 15.6. The summed E-state index contributed by atoms with van der Waals surface area (Å²) in [6, 6.07) is 7.19. The maximum absolute atomic E-state index is 11.8. The van der Waals surface area contributed by atoms with Crippen LogP contribution >= 0.6 is 22.7 Å². The number of esters is 1. The Morgan fingerprint density at radius 3 is 2.83 bits per heavy atom. The standard InChI is InChI=1S/C16H13NO4S2/c18-12(14-4-2-8-22-14)5-6-15(19)21-9-11-10-23-16(17-11)13-3-1-7-20-13/h1-4,7-8,10H,5-6,9H2. The van der Waals surface area contributed by atoms with Crippen LogP contribution in [0, 0.1) is 0 Å². The molecule has 0 amide bonds. The van der Waals surface area contributed by atoms with Gasteiger partial charge in [-0.25, -0.2) is 4.98 Å². The Morgan fingerprint density at radius 1 is 1.17 bits per heavy atom. The van der Waals surface area contributed by atoms with E-state index in [1.165, 1.54) is 22.7 Å². The summed E-state index contributed by atoms with van der Waals surface area (Å²) in [6.45, 7) is 0.100. The average molecular weight is 347 g/mol. The summed E-state index contributed by atoms with van der Waals surface area (Å²) in [5.41, 5.74) is 0.666. The van der Waals surface area contributed by atoms with E-state index in [2.05, 4.69) is 4.98 Å². The van der Waals surface area contributed by atoms with Crippen LogP contribution in [-0.4, -0.2) is 16.7 Å². The van der Waals surface area contributed by atoms with Crippen molar-refractivity contribution in [3.05, 3.63) is 51.9 Å². The molecule has 0 saturated heterocycles. The van der Waals surface area contributed by atoms with Crippen molar-refractivity contribution in [2.24, 2.45) is 0 Å². The summed E-state index contributed by atoms with van der Waals surface area (Å²) in [5, 5.41) is 4.40. The van der Waals surface area contributed by atoms with Crippen molar-refractivity contribution in [1.82, 2.24) is 4.98 Å². The largest absolute Gasteiger partial charge is 0.462 e. The fourth-order valence-electron chi connectivity index (χ4n) is 1.89. The molecule has 0 aliphatic carbocycles. The van der Waals surface area contributed by atoms with Gasteiger partial charge in [-0.1, -0.05) is 6.07 Å². The lowest BCUT2D eigenvalue weighted by Gasteiger charge is -2.02. The number of carbonyl (C=O) groups is 2. The maximum Gasteiger partial charge on any atom is 0.306 e. The number of thiazole rings is 1. The number of Topliss-reactive ketones (excluding diaryl/α,β-unsaturated/α-hetero) is 1. The van der Waals surface area contributed by atoms with E-state index in [0.29, 0.717) is 16.3 Å². The van der Waals surface area contributed by atoms with Gasteiger partial charge in [0.25, 0.3) is 0 Å². The highest BCUT2D eigenvalue weighted by atomic mass is 32.1. The van der Waals surface area contributed by atoms with Crippen LogP contribution in [-0.2, 0) is 16.1 Å². The minimum atomic E-state index is -0.401. The molecule has 0 aliphatic heterocycles. The summed E-state index contributed by atoms with van der Waals surface area (Å²) < 4.78 is 10.4. The molecule has 5 nitrogen and oxygen atoms in total. The van der Waals surface area contributed by atoms with Crippen molar-refractivity contribution in [1.29, 1.82) is 0 Å². The third kappa shape index (κ3) is 4.14. The predicted octanol–water partition coefficient (Wildman–Crippen LogP) is 4.17. The Balaban J connectivity index is 1.45. The molecule has 0 aromatic carbocycles. The molecule has 23 heavy (non-hydrogen) atoms. The lowest BCUT2D eigenvalue weighted by atomic mass is 10.2. The molecule has 0 radical (unpaired) electrons. The second kappa shape index (κ2) is 7.34. The Hall–Kier alpha value is -2.25. The molecule has 0 saturated carbocycles. The minimum absolute atomic E-state index is 0.0364. The Bertz CT molecular complexity index is 775. The first-order valence-corrected chi connectivity index (χ1v) is 8.69. The number of aromatic nitrogens is 1. The molecular weight excluding hydrogens is 334 g/mol. The van der Waals surface area contributed by atoms with Crippen molar-refractivity contribution >= 4 is 34.4 Å². The lowest BCUT2D eigenvalue weighted by Crippen LogP contribution is -2.07. The molecule has 3 heterocycles. The van der Waals surface area contributed by atoms with E-state index in [-0.39, 0.29) is 25.2 Å². The van der Waals surface area contributed by atoms with Crippen LogP contribution in [0.25, 0.3) is 10.8 Å². The van der Waals surface area contributed by atoms with Crippen LogP contribution in [0.3, 0.4) is 0 Å². The maximum atomic E-state index is 11.8. The van der Waals surface area contributed by atoms with Gasteiger partial charge >= 0.3 is 5.97 Å². The summed E-state index contributed by atoms with van der Waals surface area (Å²) in [4.78, 5) is 28.5. The van der Waals surface area contributed by atoms with E-state index >= 15 is 0 Å². The van der Waals surface area contributed by atoms with Gasteiger partial charge in [0, 0.05) is 11.8 Å². The minimum Gasteiger partial charge on any atom is -0.462 e. The molecular formula is C16H13NO4S2. The van der Waals surface area contributed by atoms with Crippen LogP contribution < -0.4 is 0 Å². The molecule has 0 spiro atoms. The number of nitrogens with zero attached hydrogens (tertiary/aromatic N) is 1. The Morgan fingerprint density at radius 2 is 2.09 bits per heavy atom. The van der Waals surface area contributed by atoms with Crippen LogP contribution in [0.5, 0.6) is 0 Å². The van der Waals surface area contributed by atoms with E-state index in [1.807, 2.05) is 22.9 Å². The fourth-order valence-corrected chi connectivity index (χ4v) is 3.35. The summed E-state index contributed by atoms with van der Waals surface area (Å²) >= 11 is 2.80. The number of carbonyl (C=O) groups excluding carboxylic acids is 2. The molecule has 0 unspecified atom stereocenters. The van der Waals surface area contributed by atoms with E-state index in [1.54, 1.807) is 18.4 Å². The van der Waals surface area contributed by atoms with Crippen molar-refractivity contribution < 1.29 is 18.7 Å². The number of hydrogen-bond acceptors (Lipinski definition) is 7. The predicted molar refractivity (Wildman–Crippen MR) is 87.5 cm³/mol. The summed E-state index contributed by atoms with van der Waals surface area (Å²) in [6.07, 6.45) is 1.82. The molecule has 0 atom stereocenters.